The van der Waals surface area contributed by atoms with Gasteiger partial charge >= 0.3 is 0 Å². The first-order valence-corrected chi connectivity index (χ1v) is 5.71. The maximum Gasteiger partial charge on any atom is 0.123 e. The predicted molar refractivity (Wildman–Crippen MR) is 75.7 cm³/mol. The Bertz CT molecular complexity index is 390. The first kappa shape index (κ1) is 18.4. The van der Waals surface area contributed by atoms with Crippen LogP contribution in [-0.2, 0) is 0 Å². The first-order valence-electron chi connectivity index (χ1n) is 5.71. The number of piperazine rings is 1. The lowest BCUT2D eigenvalue weighted by molar-refractivity contribution is 0.145. The Morgan fingerprint density at radius 3 is 2.47 bits per heavy atom. The van der Waals surface area contributed by atoms with Gasteiger partial charge in [-0.15, -0.1) is 24.8 Å². The topological polar surface area (TPSA) is 35.5 Å². The third kappa shape index (κ3) is 4.45. The quantitative estimate of drug-likeness (QED) is 0.898. The molecule has 1 atom stereocenters. The van der Waals surface area contributed by atoms with Crippen LogP contribution >= 0.6 is 24.8 Å². The summed E-state index contributed by atoms with van der Waals surface area (Å²) in [5.41, 5.74) is 0.328. The molecule has 0 amide bonds. The lowest BCUT2D eigenvalue weighted by Gasteiger charge is -2.33. The zero-order valence-electron chi connectivity index (χ0n) is 10.3. The SMILES string of the molecule is Cl.Cl.Oc1ccc(F)cc1[C@H](CF)N1CCNCC1. The largest absolute Gasteiger partial charge is 0.508 e. The molecule has 1 aromatic rings. The molecule has 0 saturated carbocycles. The van der Waals surface area contributed by atoms with Crippen LogP contribution in [-0.4, -0.2) is 42.9 Å². The third-order valence-corrected chi connectivity index (χ3v) is 3.09. The molecule has 2 N–H and O–H groups in total. The van der Waals surface area contributed by atoms with E-state index in [9.17, 15) is 13.9 Å². The van der Waals surface area contributed by atoms with Crippen molar-refractivity contribution >= 4 is 24.8 Å². The van der Waals surface area contributed by atoms with E-state index in [1.165, 1.54) is 18.2 Å². The second kappa shape index (κ2) is 8.53. The smallest absolute Gasteiger partial charge is 0.123 e. The van der Waals surface area contributed by atoms with Crippen molar-refractivity contribution in [2.24, 2.45) is 0 Å². The minimum atomic E-state index is -0.628. The summed E-state index contributed by atoms with van der Waals surface area (Å²) < 4.78 is 26.3. The van der Waals surface area contributed by atoms with Crippen molar-refractivity contribution in [3.8, 4) is 5.75 Å². The van der Waals surface area contributed by atoms with E-state index in [0.29, 0.717) is 18.7 Å². The van der Waals surface area contributed by atoms with E-state index in [-0.39, 0.29) is 30.6 Å². The van der Waals surface area contributed by atoms with Gasteiger partial charge in [0.2, 0.25) is 0 Å². The summed E-state index contributed by atoms with van der Waals surface area (Å²) in [7, 11) is 0. The van der Waals surface area contributed by atoms with Gasteiger partial charge in [-0.05, 0) is 18.2 Å². The number of phenolic OH excluding ortho intramolecular Hbond substituents is 1. The number of phenols is 1. The number of nitrogens with one attached hydrogen (secondary N) is 1. The van der Waals surface area contributed by atoms with Crippen LogP contribution in [0.3, 0.4) is 0 Å². The minimum Gasteiger partial charge on any atom is -0.508 e. The van der Waals surface area contributed by atoms with Crippen LogP contribution in [0.4, 0.5) is 8.78 Å². The van der Waals surface area contributed by atoms with Gasteiger partial charge in [-0.1, -0.05) is 0 Å². The molecule has 1 aliphatic heterocycles. The van der Waals surface area contributed by atoms with Gasteiger partial charge in [-0.3, -0.25) is 4.90 Å². The highest BCUT2D eigenvalue weighted by atomic mass is 35.5. The maximum atomic E-state index is 13.1. The molecular formula is C12H18Cl2F2N2O. The molecular weight excluding hydrogens is 297 g/mol. The molecule has 0 spiro atoms. The van der Waals surface area contributed by atoms with Gasteiger partial charge in [0.25, 0.3) is 0 Å². The van der Waals surface area contributed by atoms with E-state index in [4.69, 9.17) is 0 Å². The lowest BCUT2D eigenvalue weighted by atomic mass is 10.0. The molecule has 110 valence electrons. The van der Waals surface area contributed by atoms with E-state index in [0.717, 1.165) is 13.1 Å². The van der Waals surface area contributed by atoms with E-state index in [1.807, 2.05) is 4.90 Å². The Morgan fingerprint density at radius 2 is 1.89 bits per heavy atom. The summed E-state index contributed by atoms with van der Waals surface area (Å²) in [6.45, 7) is 2.34. The molecule has 7 heteroatoms. The zero-order chi connectivity index (χ0) is 12.3. The number of alkyl halides is 1. The average Bonchev–Trinajstić information content (AvgIpc) is 2.36. The summed E-state index contributed by atoms with van der Waals surface area (Å²) in [5.74, 6) is -0.501. The van der Waals surface area contributed by atoms with Crippen LogP contribution in [0, 0.1) is 5.82 Å². The molecule has 1 aliphatic rings. The van der Waals surface area contributed by atoms with Crippen molar-refractivity contribution in [2.75, 3.05) is 32.9 Å². The Labute approximate surface area is 123 Å². The van der Waals surface area contributed by atoms with Crippen LogP contribution in [0.15, 0.2) is 18.2 Å². The van der Waals surface area contributed by atoms with E-state index in [2.05, 4.69) is 5.32 Å². The van der Waals surface area contributed by atoms with Crippen LogP contribution in [0.2, 0.25) is 0 Å². The van der Waals surface area contributed by atoms with Crippen LogP contribution in [0.5, 0.6) is 5.75 Å². The summed E-state index contributed by atoms with van der Waals surface area (Å²) in [6, 6.07) is 3.09. The summed E-state index contributed by atoms with van der Waals surface area (Å²) >= 11 is 0. The fourth-order valence-electron chi connectivity index (χ4n) is 2.16. The normalized spacial score (nSPS) is 17.2. The summed E-state index contributed by atoms with van der Waals surface area (Å²) in [6.07, 6.45) is 0. The van der Waals surface area contributed by atoms with Gasteiger partial charge < -0.3 is 10.4 Å². The number of hydrogen-bond donors (Lipinski definition) is 2. The number of nitrogens with zero attached hydrogens (tertiary/aromatic N) is 1. The Kier molecular flexibility index (Phi) is 8.25. The molecule has 1 saturated heterocycles. The van der Waals surface area contributed by atoms with Gasteiger partial charge in [-0.2, -0.15) is 0 Å². The fraction of sp³-hybridized carbons (Fsp3) is 0.500. The number of aromatic hydroxyl groups is 1. The van der Waals surface area contributed by atoms with E-state index >= 15 is 0 Å². The van der Waals surface area contributed by atoms with E-state index < -0.39 is 18.5 Å². The minimum absolute atomic E-state index is 0. The standard InChI is InChI=1S/C12H16F2N2O.2ClH/c13-8-11(16-5-3-15-4-6-16)10-7-9(14)1-2-12(10)17;;/h1-2,7,11,15,17H,3-6,8H2;2*1H/t11-;;/m0../s1. The van der Waals surface area contributed by atoms with E-state index in [1.54, 1.807) is 0 Å². The second-order valence-electron chi connectivity index (χ2n) is 4.16. The molecule has 0 radical (unpaired) electrons. The average molecular weight is 315 g/mol. The fourth-order valence-corrected chi connectivity index (χ4v) is 2.16. The number of rotatable bonds is 3. The van der Waals surface area contributed by atoms with Crippen LogP contribution in [0.25, 0.3) is 0 Å². The number of halogens is 4. The van der Waals surface area contributed by atoms with Crippen molar-refractivity contribution in [3.63, 3.8) is 0 Å². The molecule has 1 fully saturated rings. The Balaban J connectivity index is 0.00000162. The van der Waals surface area contributed by atoms with Crippen molar-refractivity contribution in [1.29, 1.82) is 0 Å². The van der Waals surface area contributed by atoms with Gasteiger partial charge in [0.05, 0.1) is 6.04 Å². The highest BCUT2D eigenvalue weighted by molar-refractivity contribution is 5.85. The van der Waals surface area contributed by atoms with Gasteiger partial charge in [0.1, 0.15) is 18.2 Å². The molecule has 19 heavy (non-hydrogen) atoms. The molecule has 0 bridgehead atoms. The summed E-state index contributed by atoms with van der Waals surface area (Å²) in [4.78, 5) is 1.92. The first-order chi connectivity index (χ1) is 8.22. The Hall–Kier alpha value is -0.620. The monoisotopic (exact) mass is 314 g/mol. The molecule has 3 nitrogen and oxygen atoms in total. The lowest BCUT2D eigenvalue weighted by Crippen LogP contribution is -2.45. The molecule has 0 aliphatic carbocycles. The van der Waals surface area contributed by atoms with Gasteiger partial charge in [-0.25, -0.2) is 8.78 Å². The molecule has 2 rings (SSSR count). The van der Waals surface area contributed by atoms with Gasteiger partial charge in [0, 0.05) is 31.7 Å². The van der Waals surface area contributed by atoms with Crippen molar-refractivity contribution in [3.05, 3.63) is 29.6 Å². The van der Waals surface area contributed by atoms with Crippen LogP contribution in [0.1, 0.15) is 11.6 Å². The van der Waals surface area contributed by atoms with Gasteiger partial charge in [0.15, 0.2) is 0 Å². The molecule has 0 aromatic heterocycles. The Morgan fingerprint density at radius 1 is 1.26 bits per heavy atom. The number of benzene rings is 1. The second-order valence-corrected chi connectivity index (χ2v) is 4.16. The maximum absolute atomic E-state index is 13.1. The van der Waals surface area contributed by atoms with Crippen molar-refractivity contribution in [1.82, 2.24) is 10.2 Å². The van der Waals surface area contributed by atoms with Crippen molar-refractivity contribution in [2.45, 2.75) is 6.04 Å². The molecule has 0 unspecified atom stereocenters. The molecule has 1 aromatic carbocycles. The van der Waals surface area contributed by atoms with Crippen molar-refractivity contribution < 1.29 is 13.9 Å². The number of hydrogen-bond acceptors (Lipinski definition) is 3. The molecule has 1 heterocycles. The van der Waals surface area contributed by atoms with Crippen LogP contribution < -0.4 is 5.32 Å². The predicted octanol–water partition coefficient (Wildman–Crippen LogP) is 2.29. The summed E-state index contributed by atoms with van der Waals surface area (Å²) in [5, 5.41) is 12.9. The zero-order valence-corrected chi connectivity index (χ0v) is 11.9. The highest BCUT2D eigenvalue weighted by Crippen LogP contribution is 2.29. The highest BCUT2D eigenvalue weighted by Gasteiger charge is 2.24. The third-order valence-electron chi connectivity index (χ3n) is 3.09.